The lowest BCUT2D eigenvalue weighted by molar-refractivity contribution is -0.385. The summed E-state index contributed by atoms with van der Waals surface area (Å²) in [5.41, 5.74) is 0.460. The maximum atomic E-state index is 10.4. The average Bonchev–Trinajstić information content (AvgIpc) is 2.03. The van der Waals surface area contributed by atoms with Gasteiger partial charge in [0.15, 0.2) is 0 Å². The molecule has 0 saturated carbocycles. The topological polar surface area (TPSA) is 43.1 Å². The first-order chi connectivity index (χ1) is 5.65. The van der Waals surface area contributed by atoms with Gasteiger partial charge in [0, 0.05) is 11.1 Å². The third-order valence-electron chi connectivity index (χ3n) is 1.41. The van der Waals surface area contributed by atoms with Crippen molar-refractivity contribution in [2.45, 2.75) is 0 Å². The van der Waals surface area contributed by atoms with Crippen molar-refractivity contribution < 1.29 is 4.92 Å². The largest absolute Gasteiger partial charge is 0.276 e. The summed E-state index contributed by atoms with van der Waals surface area (Å²) in [6.07, 6.45) is 1.41. The van der Waals surface area contributed by atoms with E-state index < -0.39 is 4.92 Å². The third-order valence-corrected chi connectivity index (χ3v) is 1.64. The Hall–Kier alpha value is -1.35. The molecule has 0 aliphatic rings. The highest BCUT2D eigenvalue weighted by molar-refractivity contribution is 6.30. The Kier molecular flexibility index (Phi) is 2.45. The van der Waals surface area contributed by atoms with Gasteiger partial charge in [0.2, 0.25) is 0 Å². The molecule has 4 heteroatoms. The standard InChI is InChI=1S/C8H6ClNO2/c1-2-6-5-7(9)3-4-8(6)10(11)12/h2-5H,1H2. The molecule has 0 amide bonds. The molecule has 0 bridgehead atoms. The van der Waals surface area contributed by atoms with Crippen LogP contribution in [-0.4, -0.2) is 4.92 Å². The van der Waals surface area contributed by atoms with Gasteiger partial charge in [0.05, 0.1) is 10.5 Å². The fourth-order valence-electron chi connectivity index (χ4n) is 0.855. The lowest BCUT2D eigenvalue weighted by Gasteiger charge is -1.96. The highest BCUT2D eigenvalue weighted by Crippen LogP contribution is 2.23. The van der Waals surface area contributed by atoms with Gasteiger partial charge in [-0.15, -0.1) is 0 Å². The molecule has 0 fully saturated rings. The Balaban J connectivity index is 3.29. The molecule has 0 aromatic heterocycles. The van der Waals surface area contributed by atoms with Gasteiger partial charge in [-0.2, -0.15) is 0 Å². The van der Waals surface area contributed by atoms with Gasteiger partial charge in [0.1, 0.15) is 0 Å². The molecule has 0 atom stereocenters. The van der Waals surface area contributed by atoms with Crippen molar-refractivity contribution >= 4 is 23.4 Å². The van der Waals surface area contributed by atoms with Crippen LogP contribution in [-0.2, 0) is 0 Å². The minimum Gasteiger partial charge on any atom is -0.258 e. The molecule has 0 saturated heterocycles. The van der Waals surface area contributed by atoms with E-state index in [1.807, 2.05) is 0 Å². The van der Waals surface area contributed by atoms with Crippen LogP contribution in [0.1, 0.15) is 5.56 Å². The zero-order valence-electron chi connectivity index (χ0n) is 6.16. The molecular weight excluding hydrogens is 178 g/mol. The highest BCUT2D eigenvalue weighted by atomic mass is 35.5. The first kappa shape index (κ1) is 8.74. The number of rotatable bonds is 2. The van der Waals surface area contributed by atoms with Crippen LogP contribution >= 0.6 is 11.6 Å². The molecular formula is C8H6ClNO2. The number of hydrogen-bond acceptors (Lipinski definition) is 2. The van der Waals surface area contributed by atoms with Crippen molar-refractivity contribution in [3.05, 3.63) is 45.5 Å². The van der Waals surface area contributed by atoms with E-state index in [-0.39, 0.29) is 5.69 Å². The molecule has 1 aromatic rings. The maximum absolute atomic E-state index is 10.4. The van der Waals surface area contributed by atoms with E-state index in [0.717, 1.165) is 0 Å². The summed E-state index contributed by atoms with van der Waals surface area (Å²) in [4.78, 5) is 9.94. The van der Waals surface area contributed by atoms with Gasteiger partial charge in [0.25, 0.3) is 5.69 Å². The predicted molar refractivity (Wildman–Crippen MR) is 48.2 cm³/mol. The second-order valence-corrected chi connectivity index (χ2v) is 2.60. The van der Waals surface area contributed by atoms with Gasteiger partial charge in [-0.05, 0) is 12.1 Å². The summed E-state index contributed by atoms with van der Waals surface area (Å²) in [6.45, 7) is 3.45. The zero-order valence-corrected chi connectivity index (χ0v) is 6.91. The molecule has 3 nitrogen and oxygen atoms in total. The Morgan fingerprint density at radius 1 is 1.58 bits per heavy atom. The number of hydrogen-bond donors (Lipinski definition) is 0. The second kappa shape index (κ2) is 3.36. The molecule has 62 valence electrons. The van der Waals surface area contributed by atoms with E-state index in [9.17, 15) is 10.1 Å². The van der Waals surface area contributed by atoms with E-state index in [4.69, 9.17) is 11.6 Å². The number of halogens is 1. The summed E-state index contributed by atoms with van der Waals surface area (Å²) >= 11 is 5.63. The van der Waals surface area contributed by atoms with Crippen LogP contribution < -0.4 is 0 Å². The quantitative estimate of drug-likeness (QED) is 0.523. The number of nitro groups is 1. The van der Waals surface area contributed by atoms with Gasteiger partial charge in [-0.3, -0.25) is 10.1 Å². The molecule has 1 aromatic carbocycles. The number of nitrogens with zero attached hydrogens (tertiary/aromatic N) is 1. The van der Waals surface area contributed by atoms with E-state index in [2.05, 4.69) is 6.58 Å². The molecule has 0 aliphatic heterocycles. The van der Waals surface area contributed by atoms with Crippen LogP contribution in [0.5, 0.6) is 0 Å². The Morgan fingerprint density at radius 2 is 2.25 bits per heavy atom. The van der Waals surface area contributed by atoms with Crippen molar-refractivity contribution in [3.8, 4) is 0 Å². The summed E-state index contributed by atoms with van der Waals surface area (Å²) in [5, 5.41) is 10.9. The normalized spacial score (nSPS) is 9.42. The first-order valence-electron chi connectivity index (χ1n) is 3.21. The molecule has 0 radical (unpaired) electrons. The molecule has 0 spiro atoms. The van der Waals surface area contributed by atoms with Gasteiger partial charge in [-0.1, -0.05) is 24.3 Å². The van der Waals surface area contributed by atoms with Crippen LogP contribution in [0.4, 0.5) is 5.69 Å². The third kappa shape index (κ3) is 1.62. The zero-order chi connectivity index (χ0) is 9.14. The van der Waals surface area contributed by atoms with E-state index in [1.165, 1.54) is 24.3 Å². The van der Waals surface area contributed by atoms with E-state index in [1.54, 1.807) is 0 Å². The highest BCUT2D eigenvalue weighted by Gasteiger charge is 2.10. The van der Waals surface area contributed by atoms with Crippen LogP contribution in [0.2, 0.25) is 5.02 Å². The predicted octanol–water partition coefficient (Wildman–Crippen LogP) is 2.89. The van der Waals surface area contributed by atoms with Crippen molar-refractivity contribution in [2.24, 2.45) is 0 Å². The minimum absolute atomic E-state index is 0.0226. The van der Waals surface area contributed by atoms with Crippen LogP contribution in [0.25, 0.3) is 6.08 Å². The fraction of sp³-hybridized carbons (Fsp3) is 0. The summed E-state index contributed by atoms with van der Waals surface area (Å²) < 4.78 is 0. The summed E-state index contributed by atoms with van der Waals surface area (Å²) in [6, 6.07) is 4.35. The molecule has 0 unspecified atom stereocenters. The van der Waals surface area contributed by atoms with Gasteiger partial charge in [-0.25, -0.2) is 0 Å². The summed E-state index contributed by atoms with van der Waals surface area (Å²) in [5.74, 6) is 0. The Bertz CT molecular complexity index is 336. The lowest BCUT2D eigenvalue weighted by atomic mass is 10.2. The van der Waals surface area contributed by atoms with Crippen molar-refractivity contribution in [1.29, 1.82) is 0 Å². The lowest BCUT2D eigenvalue weighted by Crippen LogP contribution is -1.90. The van der Waals surface area contributed by atoms with Gasteiger partial charge < -0.3 is 0 Å². The molecule has 0 aliphatic carbocycles. The van der Waals surface area contributed by atoms with Crippen LogP contribution in [0, 0.1) is 10.1 Å². The SMILES string of the molecule is C=Cc1cc(Cl)ccc1[N+](=O)[O-]. The number of nitro benzene ring substituents is 1. The summed E-state index contributed by atoms with van der Waals surface area (Å²) in [7, 11) is 0. The number of benzene rings is 1. The van der Waals surface area contributed by atoms with Crippen molar-refractivity contribution in [2.75, 3.05) is 0 Å². The van der Waals surface area contributed by atoms with Crippen LogP contribution in [0.15, 0.2) is 24.8 Å². The Labute approximate surface area is 74.4 Å². The molecule has 0 N–H and O–H groups in total. The molecule has 12 heavy (non-hydrogen) atoms. The van der Waals surface area contributed by atoms with E-state index in [0.29, 0.717) is 10.6 Å². The molecule has 1 rings (SSSR count). The van der Waals surface area contributed by atoms with Gasteiger partial charge >= 0.3 is 0 Å². The average molecular weight is 184 g/mol. The maximum Gasteiger partial charge on any atom is 0.276 e. The fourth-order valence-corrected chi connectivity index (χ4v) is 1.04. The van der Waals surface area contributed by atoms with Crippen molar-refractivity contribution in [3.63, 3.8) is 0 Å². The van der Waals surface area contributed by atoms with Crippen LogP contribution in [0.3, 0.4) is 0 Å². The van der Waals surface area contributed by atoms with E-state index >= 15 is 0 Å². The monoisotopic (exact) mass is 183 g/mol. The smallest absolute Gasteiger partial charge is 0.258 e. The first-order valence-corrected chi connectivity index (χ1v) is 3.59. The Morgan fingerprint density at radius 3 is 2.75 bits per heavy atom. The van der Waals surface area contributed by atoms with Crippen molar-refractivity contribution in [1.82, 2.24) is 0 Å². The molecule has 0 heterocycles. The minimum atomic E-state index is -0.465. The second-order valence-electron chi connectivity index (χ2n) is 2.16.